The maximum absolute atomic E-state index is 13.7. The molecule has 0 aliphatic carbocycles. The van der Waals surface area contributed by atoms with Crippen molar-refractivity contribution in [3.63, 3.8) is 0 Å². The smallest absolute Gasteiger partial charge is 0.338 e. The van der Waals surface area contributed by atoms with Crippen molar-refractivity contribution in [2.24, 2.45) is 4.99 Å². The number of halogens is 1. The average Bonchev–Trinajstić information content (AvgIpc) is 3.52. The summed E-state index contributed by atoms with van der Waals surface area (Å²) in [4.78, 5) is 42.1. The molecule has 1 aliphatic heterocycles. The average molecular weight is 564 g/mol. The molecule has 1 atom stereocenters. The van der Waals surface area contributed by atoms with Crippen LogP contribution < -0.4 is 19.6 Å². The Balaban J connectivity index is 1.61. The topological polar surface area (TPSA) is 126 Å². The third-order valence-electron chi connectivity index (χ3n) is 6.26. The van der Waals surface area contributed by atoms with E-state index in [1.807, 2.05) is 0 Å². The minimum Gasteiger partial charge on any atom is -0.496 e. The fourth-order valence-corrected chi connectivity index (χ4v) is 5.48. The number of nitro groups is 1. The highest BCUT2D eigenvalue weighted by Gasteiger charge is 2.33. The van der Waals surface area contributed by atoms with Crippen LogP contribution in [0.5, 0.6) is 5.75 Å². The van der Waals surface area contributed by atoms with Crippen LogP contribution in [-0.2, 0) is 9.53 Å². The van der Waals surface area contributed by atoms with Gasteiger partial charge in [-0.05, 0) is 49.7 Å². The molecule has 0 amide bonds. The predicted octanol–water partition coefficient (Wildman–Crippen LogP) is 4.11. The molecule has 0 bridgehead atoms. The number of thiazole rings is 1. The molecule has 0 unspecified atom stereocenters. The number of methoxy groups -OCH3 is 1. The van der Waals surface area contributed by atoms with Crippen LogP contribution in [0.15, 0.2) is 80.1 Å². The van der Waals surface area contributed by atoms with Crippen LogP contribution in [0, 0.1) is 15.9 Å². The molecular formula is C28H22FN3O7S. The van der Waals surface area contributed by atoms with Crippen LogP contribution in [0.25, 0.3) is 17.4 Å². The first-order chi connectivity index (χ1) is 19.2. The Morgan fingerprint density at radius 1 is 1.23 bits per heavy atom. The van der Waals surface area contributed by atoms with Gasteiger partial charge in [-0.15, -0.1) is 0 Å². The van der Waals surface area contributed by atoms with E-state index in [4.69, 9.17) is 13.9 Å². The molecule has 0 saturated carbocycles. The number of carbonyl (C=O) groups is 1. The van der Waals surface area contributed by atoms with Crippen molar-refractivity contribution in [1.29, 1.82) is 0 Å². The number of esters is 1. The molecule has 0 N–H and O–H groups in total. The second kappa shape index (κ2) is 10.7. The molecule has 12 heteroatoms. The van der Waals surface area contributed by atoms with E-state index in [1.165, 1.54) is 54.1 Å². The number of rotatable bonds is 7. The van der Waals surface area contributed by atoms with Gasteiger partial charge in [-0.3, -0.25) is 19.5 Å². The highest BCUT2D eigenvalue weighted by molar-refractivity contribution is 7.07. The van der Waals surface area contributed by atoms with Gasteiger partial charge >= 0.3 is 5.97 Å². The molecule has 0 saturated heterocycles. The van der Waals surface area contributed by atoms with Crippen molar-refractivity contribution in [1.82, 2.24) is 4.57 Å². The van der Waals surface area contributed by atoms with Crippen molar-refractivity contribution in [3.05, 3.63) is 113 Å². The number of carbonyl (C=O) groups excluding carboxylic acids is 1. The lowest BCUT2D eigenvalue weighted by molar-refractivity contribution is -0.384. The van der Waals surface area contributed by atoms with E-state index in [-0.39, 0.29) is 23.6 Å². The largest absolute Gasteiger partial charge is 0.496 e. The fourth-order valence-electron chi connectivity index (χ4n) is 4.45. The van der Waals surface area contributed by atoms with E-state index in [0.717, 1.165) is 11.3 Å². The van der Waals surface area contributed by atoms with E-state index in [0.29, 0.717) is 37.7 Å². The van der Waals surface area contributed by atoms with E-state index >= 15 is 0 Å². The summed E-state index contributed by atoms with van der Waals surface area (Å²) in [5, 5.41) is 11.1. The number of benzene rings is 2. The lowest BCUT2D eigenvalue weighted by Gasteiger charge is -2.24. The number of non-ortho nitro benzene ring substituents is 1. The zero-order valence-corrected chi connectivity index (χ0v) is 22.4. The van der Waals surface area contributed by atoms with Crippen LogP contribution in [0.2, 0.25) is 0 Å². The van der Waals surface area contributed by atoms with Crippen LogP contribution in [-0.4, -0.2) is 29.2 Å². The van der Waals surface area contributed by atoms with Gasteiger partial charge in [0, 0.05) is 12.1 Å². The number of allylic oxidation sites excluding steroid dienone is 1. The second-order valence-corrected chi connectivity index (χ2v) is 9.71. The summed E-state index contributed by atoms with van der Waals surface area (Å²) in [7, 11) is 1.40. The minimum atomic E-state index is -0.866. The summed E-state index contributed by atoms with van der Waals surface area (Å²) in [5.74, 6) is -0.0700. The summed E-state index contributed by atoms with van der Waals surface area (Å²) in [5.41, 5.74) is 1.07. The van der Waals surface area contributed by atoms with Gasteiger partial charge in [0.1, 0.15) is 23.1 Å². The third kappa shape index (κ3) is 4.84. The van der Waals surface area contributed by atoms with Crippen molar-refractivity contribution in [3.8, 4) is 17.1 Å². The first-order valence-electron chi connectivity index (χ1n) is 12.1. The first kappa shape index (κ1) is 26.8. The number of furan rings is 1. The van der Waals surface area contributed by atoms with Gasteiger partial charge in [0.25, 0.3) is 11.2 Å². The Labute approximate surface area is 230 Å². The van der Waals surface area contributed by atoms with Gasteiger partial charge < -0.3 is 13.9 Å². The number of nitrogens with zero attached hydrogens (tertiary/aromatic N) is 3. The molecule has 0 fully saturated rings. The number of ether oxygens (including phenoxy) is 2. The molecular weight excluding hydrogens is 541 g/mol. The Bertz CT molecular complexity index is 1850. The van der Waals surface area contributed by atoms with Gasteiger partial charge in [0.05, 0.1) is 52.1 Å². The minimum absolute atomic E-state index is 0.123. The highest BCUT2D eigenvalue weighted by Crippen LogP contribution is 2.34. The van der Waals surface area contributed by atoms with E-state index in [2.05, 4.69) is 4.99 Å². The van der Waals surface area contributed by atoms with Gasteiger partial charge in [0.2, 0.25) is 0 Å². The van der Waals surface area contributed by atoms with E-state index in [9.17, 15) is 24.1 Å². The lowest BCUT2D eigenvalue weighted by atomic mass is 9.96. The zero-order chi connectivity index (χ0) is 28.6. The fraction of sp³-hybridized carbons (Fsp3) is 0.179. The molecule has 5 rings (SSSR count). The second-order valence-electron chi connectivity index (χ2n) is 8.70. The molecule has 0 spiro atoms. The van der Waals surface area contributed by atoms with Crippen LogP contribution >= 0.6 is 11.3 Å². The van der Waals surface area contributed by atoms with Gasteiger partial charge in [-0.2, -0.15) is 0 Å². The quantitative estimate of drug-likeness (QED) is 0.188. The van der Waals surface area contributed by atoms with Crippen molar-refractivity contribution >= 4 is 29.1 Å². The summed E-state index contributed by atoms with van der Waals surface area (Å²) in [6.45, 7) is 3.48. The maximum Gasteiger partial charge on any atom is 0.338 e. The molecule has 3 heterocycles. The molecule has 4 aromatic rings. The maximum atomic E-state index is 13.7. The Kier molecular flexibility index (Phi) is 7.18. The van der Waals surface area contributed by atoms with Crippen LogP contribution in [0.1, 0.15) is 31.2 Å². The van der Waals surface area contributed by atoms with Gasteiger partial charge in [0.15, 0.2) is 4.80 Å². The standard InChI is InChI=1S/C28H22FN3O7S/c1-4-38-27(34)24-15(2)30-28-31(25(24)16-5-7-17(29)8-6-16)26(33)23(40-28)14-19-10-12-21(39-19)20-11-9-18(32(35)36)13-22(20)37-3/h5-14,25H,4H2,1-3H3/b23-14-/t25-/m0/s1. The van der Waals surface area contributed by atoms with E-state index in [1.54, 1.807) is 32.1 Å². The molecule has 0 radical (unpaired) electrons. The Morgan fingerprint density at radius 3 is 2.65 bits per heavy atom. The van der Waals surface area contributed by atoms with Crippen LogP contribution in [0.3, 0.4) is 0 Å². The van der Waals surface area contributed by atoms with Crippen molar-refractivity contribution < 1.29 is 28.0 Å². The molecule has 2 aromatic carbocycles. The molecule has 10 nitrogen and oxygen atoms in total. The van der Waals surface area contributed by atoms with Crippen molar-refractivity contribution in [2.75, 3.05) is 13.7 Å². The predicted molar refractivity (Wildman–Crippen MR) is 144 cm³/mol. The number of nitro benzene ring substituents is 1. The zero-order valence-electron chi connectivity index (χ0n) is 21.5. The number of hydrogen-bond donors (Lipinski definition) is 0. The lowest BCUT2D eigenvalue weighted by Crippen LogP contribution is -2.39. The monoisotopic (exact) mass is 563 g/mol. The van der Waals surface area contributed by atoms with Gasteiger partial charge in [-0.1, -0.05) is 23.5 Å². The molecule has 2 aromatic heterocycles. The Morgan fingerprint density at radius 2 is 1.98 bits per heavy atom. The number of aromatic nitrogens is 1. The normalized spacial score (nSPS) is 15.0. The molecule has 40 heavy (non-hydrogen) atoms. The number of hydrogen-bond acceptors (Lipinski definition) is 9. The summed E-state index contributed by atoms with van der Waals surface area (Å²) in [6, 6.07) is 12.2. The van der Waals surface area contributed by atoms with Crippen LogP contribution in [0.4, 0.5) is 10.1 Å². The SMILES string of the molecule is CCOC(=O)C1=C(C)N=c2s/c(=C\c3ccc(-c4ccc([N+](=O)[O-])cc4OC)o3)c(=O)n2[C@H]1c1ccc(F)cc1. The molecule has 1 aliphatic rings. The summed E-state index contributed by atoms with van der Waals surface area (Å²) in [6.07, 6.45) is 1.55. The van der Waals surface area contributed by atoms with Crippen molar-refractivity contribution in [2.45, 2.75) is 19.9 Å². The Hall–Kier alpha value is -4.84. The highest BCUT2D eigenvalue weighted by atomic mass is 32.1. The first-order valence-corrected chi connectivity index (χ1v) is 12.9. The van der Waals surface area contributed by atoms with E-state index < -0.39 is 28.3 Å². The summed E-state index contributed by atoms with van der Waals surface area (Å²) >= 11 is 1.12. The summed E-state index contributed by atoms with van der Waals surface area (Å²) < 4.78 is 31.9. The molecule has 204 valence electrons. The number of fused-ring (bicyclic) bond motifs is 1. The van der Waals surface area contributed by atoms with Gasteiger partial charge in [-0.25, -0.2) is 14.2 Å². The third-order valence-corrected chi connectivity index (χ3v) is 7.25.